The van der Waals surface area contributed by atoms with Gasteiger partial charge in [0.2, 0.25) is 5.91 Å². The maximum absolute atomic E-state index is 11.9. The molecule has 0 radical (unpaired) electrons. The summed E-state index contributed by atoms with van der Waals surface area (Å²) in [5, 5.41) is 7.41. The number of carbonyl (C=O) groups excluding carboxylic acids is 2. The fourth-order valence-corrected chi connectivity index (χ4v) is 2.28. The summed E-state index contributed by atoms with van der Waals surface area (Å²) in [5.41, 5.74) is 1.21. The van der Waals surface area contributed by atoms with E-state index in [1.165, 1.54) is 5.56 Å². The number of hydrogen-bond donors (Lipinski definition) is 3. The highest BCUT2D eigenvalue weighted by atomic mass is 16.2. The highest BCUT2D eigenvalue weighted by Crippen LogP contribution is 2.16. The third-order valence-corrected chi connectivity index (χ3v) is 3.48. The molecule has 22 heavy (non-hydrogen) atoms. The second kappa shape index (κ2) is 9.95. The molecule has 2 amide bonds. The van der Waals surface area contributed by atoms with E-state index in [1.807, 2.05) is 30.4 Å². The minimum atomic E-state index is -0.140. The summed E-state index contributed by atoms with van der Waals surface area (Å²) < 4.78 is 0. The van der Waals surface area contributed by atoms with Crippen LogP contribution >= 0.6 is 0 Å². The molecule has 0 saturated carbocycles. The first kappa shape index (κ1) is 18.2. The molecule has 4 N–H and O–H groups in total. The molecule has 0 heterocycles. The molecule has 5 nitrogen and oxygen atoms in total. The summed E-state index contributed by atoms with van der Waals surface area (Å²) in [6.07, 6.45) is 0.889. The Morgan fingerprint density at radius 3 is 2.36 bits per heavy atom. The maximum atomic E-state index is 11.9. The van der Waals surface area contributed by atoms with Crippen LogP contribution in [0.4, 0.5) is 0 Å². The predicted octanol–water partition coefficient (Wildman–Crippen LogP) is 0.590. The fraction of sp³-hybridized carbons (Fsp3) is 0.529. The summed E-state index contributed by atoms with van der Waals surface area (Å²) in [6.45, 7) is 7.28. The molecular weight excluding hydrogens is 278 g/mol. The molecular formula is C17H28N3O2+. The lowest BCUT2D eigenvalue weighted by Crippen LogP contribution is -2.88. The molecule has 0 aliphatic rings. The van der Waals surface area contributed by atoms with Crippen molar-refractivity contribution in [3.05, 3.63) is 35.9 Å². The van der Waals surface area contributed by atoms with E-state index in [-0.39, 0.29) is 24.4 Å². The second-order valence-corrected chi connectivity index (χ2v) is 5.75. The number of rotatable bonds is 9. The first-order valence-electron chi connectivity index (χ1n) is 7.96. The molecule has 122 valence electrons. The lowest BCUT2D eigenvalue weighted by atomic mass is 9.96. The van der Waals surface area contributed by atoms with E-state index in [9.17, 15) is 9.59 Å². The average Bonchev–Trinajstić information content (AvgIpc) is 2.51. The van der Waals surface area contributed by atoms with E-state index in [2.05, 4.69) is 36.6 Å². The van der Waals surface area contributed by atoms with E-state index >= 15 is 0 Å². The molecule has 1 aromatic rings. The molecule has 0 aromatic heterocycles. The monoisotopic (exact) mass is 306 g/mol. The largest absolute Gasteiger partial charge is 0.355 e. The Balaban J connectivity index is 2.39. The van der Waals surface area contributed by atoms with Crippen LogP contribution in [0.1, 0.15) is 38.8 Å². The Morgan fingerprint density at radius 1 is 1.09 bits per heavy atom. The van der Waals surface area contributed by atoms with Crippen molar-refractivity contribution in [2.24, 2.45) is 5.92 Å². The van der Waals surface area contributed by atoms with Crippen LogP contribution in [0.5, 0.6) is 0 Å². The van der Waals surface area contributed by atoms with E-state index in [1.54, 1.807) is 0 Å². The quantitative estimate of drug-likeness (QED) is 0.624. The Morgan fingerprint density at radius 2 is 1.77 bits per heavy atom. The van der Waals surface area contributed by atoms with Crippen molar-refractivity contribution >= 4 is 11.8 Å². The van der Waals surface area contributed by atoms with Crippen molar-refractivity contribution in [3.8, 4) is 0 Å². The third-order valence-electron chi connectivity index (χ3n) is 3.48. The molecule has 1 atom stereocenters. The molecule has 5 heteroatoms. The standard InChI is InChI=1S/C17H27N3O2/c1-4-10-18-15(21)11-19-16(22)12-20-17(13(2)3)14-8-6-5-7-9-14/h5-9,13,17,20H,4,10-12H2,1-3H3,(H,18,21)(H,19,22)/p+1/t17-/m1/s1. The number of carbonyl (C=O) groups is 2. The van der Waals surface area contributed by atoms with Crippen LogP contribution < -0.4 is 16.0 Å². The van der Waals surface area contributed by atoms with Gasteiger partial charge in [-0.2, -0.15) is 0 Å². The first-order valence-corrected chi connectivity index (χ1v) is 7.96. The zero-order valence-corrected chi connectivity index (χ0v) is 13.8. The van der Waals surface area contributed by atoms with Crippen LogP contribution in [-0.4, -0.2) is 31.4 Å². The predicted molar refractivity (Wildman–Crippen MR) is 87.1 cm³/mol. The van der Waals surface area contributed by atoms with Crippen molar-refractivity contribution in [2.75, 3.05) is 19.6 Å². The highest BCUT2D eigenvalue weighted by molar-refractivity contribution is 5.84. The van der Waals surface area contributed by atoms with Gasteiger partial charge in [-0.15, -0.1) is 0 Å². The zero-order chi connectivity index (χ0) is 16.4. The van der Waals surface area contributed by atoms with Gasteiger partial charge in [-0.25, -0.2) is 0 Å². The Kier molecular flexibility index (Phi) is 8.22. The Hall–Kier alpha value is -1.88. The van der Waals surface area contributed by atoms with Gasteiger partial charge in [0.1, 0.15) is 6.04 Å². The molecule has 0 aliphatic heterocycles. The summed E-state index contributed by atoms with van der Waals surface area (Å²) >= 11 is 0. The van der Waals surface area contributed by atoms with Gasteiger partial charge in [0.15, 0.2) is 6.54 Å². The van der Waals surface area contributed by atoms with Gasteiger partial charge in [-0.3, -0.25) is 9.59 Å². The molecule has 0 bridgehead atoms. The fourth-order valence-electron chi connectivity index (χ4n) is 2.28. The van der Waals surface area contributed by atoms with Gasteiger partial charge >= 0.3 is 0 Å². The lowest BCUT2D eigenvalue weighted by Gasteiger charge is -2.19. The summed E-state index contributed by atoms with van der Waals surface area (Å²) in [7, 11) is 0. The van der Waals surface area contributed by atoms with Gasteiger partial charge in [-0.05, 0) is 6.42 Å². The number of benzene rings is 1. The van der Waals surface area contributed by atoms with Crippen molar-refractivity contribution in [1.82, 2.24) is 10.6 Å². The zero-order valence-electron chi connectivity index (χ0n) is 13.8. The molecule has 0 fully saturated rings. The molecule has 0 saturated heterocycles. The minimum absolute atomic E-state index is 0.0460. The van der Waals surface area contributed by atoms with Gasteiger partial charge in [0.25, 0.3) is 5.91 Å². The molecule has 0 aliphatic carbocycles. The number of amides is 2. The topological polar surface area (TPSA) is 74.8 Å². The van der Waals surface area contributed by atoms with E-state index in [0.29, 0.717) is 19.0 Å². The molecule has 0 unspecified atom stereocenters. The van der Waals surface area contributed by atoms with E-state index < -0.39 is 0 Å². The lowest BCUT2D eigenvalue weighted by molar-refractivity contribution is -0.692. The maximum Gasteiger partial charge on any atom is 0.275 e. The number of quaternary nitrogens is 1. The first-order chi connectivity index (χ1) is 10.5. The minimum Gasteiger partial charge on any atom is -0.355 e. The van der Waals surface area contributed by atoms with Crippen molar-refractivity contribution in [3.63, 3.8) is 0 Å². The smallest absolute Gasteiger partial charge is 0.275 e. The Labute approximate surface area is 132 Å². The van der Waals surface area contributed by atoms with Gasteiger partial charge in [-0.1, -0.05) is 51.1 Å². The van der Waals surface area contributed by atoms with Gasteiger partial charge < -0.3 is 16.0 Å². The van der Waals surface area contributed by atoms with Crippen LogP contribution in [0.15, 0.2) is 30.3 Å². The highest BCUT2D eigenvalue weighted by Gasteiger charge is 2.20. The van der Waals surface area contributed by atoms with Crippen molar-refractivity contribution in [2.45, 2.75) is 33.2 Å². The SMILES string of the molecule is CCCNC(=O)CNC(=O)C[NH2+][C@@H](c1ccccc1)C(C)C. The normalized spacial score (nSPS) is 12.0. The summed E-state index contributed by atoms with van der Waals surface area (Å²) in [4.78, 5) is 23.3. The number of nitrogens with two attached hydrogens (primary N) is 1. The summed E-state index contributed by atoms with van der Waals surface area (Å²) in [6, 6.07) is 10.4. The average molecular weight is 306 g/mol. The second-order valence-electron chi connectivity index (χ2n) is 5.75. The van der Waals surface area contributed by atoms with Crippen molar-refractivity contribution < 1.29 is 14.9 Å². The molecule has 1 aromatic carbocycles. The van der Waals surface area contributed by atoms with Crippen LogP contribution in [0.25, 0.3) is 0 Å². The third kappa shape index (κ3) is 6.72. The van der Waals surface area contributed by atoms with Crippen LogP contribution in [-0.2, 0) is 9.59 Å². The molecule has 1 rings (SSSR count). The summed E-state index contributed by atoms with van der Waals surface area (Å²) in [5.74, 6) is 0.162. The van der Waals surface area contributed by atoms with Crippen LogP contribution in [0, 0.1) is 5.92 Å². The van der Waals surface area contributed by atoms with Gasteiger partial charge in [0.05, 0.1) is 6.54 Å². The molecule has 0 spiro atoms. The number of nitrogens with one attached hydrogen (secondary N) is 2. The van der Waals surface area contributed by atoms with Crippen molar-refractivity contribution in [1.29, 1.82) is 0 Å². The van der Waals surface area contributed by atoms with E-state index in [4.69, 9.17) is 0 Å². The Bertz CT molecular complexity index is 460. The van der Waals surface area contributed by atoms with Gasteiger partial charge in [0, 0.05) is 18.0 Å². The van der Waals surface area contributed by atoms with Crippen LogP contribution in [0.3, 0.4) is 0 Å². The number of hydrogen-bond acceptors (Lipinski definition) is 2. The van der Waals surface area contributed by atoms with Crippen LogP contribution in [0.2, 0.25) is 0 Å². The van der Waals surface area contributed by atoms with E-state index in [0.717, 1.165) is 6.42 Å².